The molecule has 0 amide bonds. The summed E-state index contributed by atoms with van der Waals surface area (Å²) in [4.78, 5) is 4.04. The van der Waals surface area contributed by atoms with Crippen LogP contribution in [0.5, 0.6) is 11.5 Å². The number of ether oxygens (including phenoxy) is 1. The number of fused-ring (bicyclic) bond motifs is 2. The first-order chi connectivity index (χ1) is 7.84. The number of nitrogens with zero attached hydrogens (tertiary/aromatic N) is 1. The van der Waals surface area contributed by atoms with Gasteiger partial charge in [-0.3, -0.25) is 4.98 Å². The Morgan fingerprint density at radius 2 is 2.06 bits per heavy atom. The van der Waals surface area contributed by atoms with E-state index in [9.17, 15) is 0 Å². The number of pyridine rings is 1. The standard InChI is InChI=1S/C12H9ClN2O/c13-12-8-5-6-14-7-11(8)16-10-4-2-1-3-9(10)15-12/h1-7,12,15H. The minimum absolute atomic E-state index is 0.304. The van der Waals surface area contributed by atoms with Crippen LogP contribution >= 0.6 is 11.6 Å². The van der Waals surface area contributed by atoms with Crippen molar-refractivity contribution in [3.63, 3.8) is 0 Å². The normalized spacial score (nSPS) is 17.4. The van der Waals surface area contributed by atoms with Crippen LogP contribution in [0, 0.1) is 0 Å². The topological polar surface area (TPSA) is 34.1 Å². The van der Waals surface area contributed by atoms with Crippen LogP contribution in [-0.2, 0) is 0 Å². The van der Waals surface area contributed by atoms with Gasteiger partial charge in [-0.05, 0) is 18.2 Å². The number of alkyl halides is 1. The number of anilines is 1. The molecule has 0 radical (unpaired) electrons. The largest absolute Gasteiger partial charge is 0.453 e. The van der Waals surface area contributed by atoms with Crippen molar-refractivity contribution in [3.05, 3.63) is 48.3 Å². The van der Waals surface area contributed by atoms with Gasteiger partial charge in [0.25, 0.3) is 0 Å². The lowest BCUT2D eigenvalue weighted by molar-refractivity contribution is 0.481. The molecule has 1 unspecified atom stereocenters. The first-order valence-corrected chi connectivity index (χ1v) is 5.39. The third-order valence-electron chi connectivity index (χ3n) is 2.48. The van der Waals surface area contributed by atoms with E-state index < -0.39 is 0 Å². The second-order valence-electron chi connectivity index (χ2n) is 3.52. The van der Waals surface area contributed by atoms with Crippen molar-refractivity contribution < 1.29 is 4.74 Å². The lowest BCUT2D eigenvalue weighted by Crippen LogP contribution is -2.02. The van der Waals surface area contributed by atoms with Crippen LogP contribution in [0.15, 0.2) is 42.7 Å². The van der Waals surface area contributed by atoms with Crippen molar-refractivity contribution in [3.8, 4) is 11.5 Å². The van der Waals surface area contributed by atoms with Crippen LogP contribution in [0.4, 0.5) is 5.69 Å². The number of benzene rings is 1. The van der Waals surface area contributed by atoms with E-state index in [4.69, 9.17) is 16.3 Å². The lowest BCUT2D eigenvalue weighted by atomic mass is 10.2. The van der Waals surface area contributed by atoms with E-state index in [1.54, 1.807) is 12.4 Å². The van der Waals surface area contributed by atoms with Gasteiger partial charge >= 0.3 is 0 Å². The average molecular weight is 233 g/mol. The van der Waals surface area contributed by atoms with Crippen molar-refractivity contribution in [1.29, 1.82) is 0 Å². The van der Waals surface area contributed by atoms with Gasteiger partial charge in [0.15, 0.2) is 11.5 Å². The Kier molecular flexibility index (Phi) is 2.18. The van der Waals surface area contributed by atoms with Gasteiger partial charge in [-0.25, -0.2) is 0 Å². The molecule has 16 heavy (non-hydrogen) atoms. The zero-order chi connectivity index (χ0) is 11.0. The van der Waals surface area contributed by atoms with Gasteiger partial charge in [0.1, 0.15) is 5.50 Å². The highest BCUT2D eigenvalue weighted by Gasteiger charge is 2.20. The Balaban J connectivity index is 2.15. The summed E-state index contributed by atoms with van der Waals surface area (Å²) in [5.74, 6) is 1.46. The van der Waals surface area contributed by atoms with E-state index in [1.807, 2.05) is 30.3 Å². The zero-order valence-electron chi connectivity index (χ0n) is 8.35. The summed E-state index contributed by atoms with van der Waals surface area (Å²) in [6, 6.07) is 9.54. The fourth-order valence-corrected chi connectivity index (χ4v) is 1.99. The smallest absolute Gasteiger partial charge is 0.152 e. The number of para-hydroxylation sites is 2. The van der Waals surface area contributed by atoms with Crippen molar-refractivity contribution in [2.75, 3.05) is 5.32 Å². The summed E-state index contributed by atoms with van der Waals surface area (Å²) >= 11 is 6.26. The molecule has 3 nitrogen and oxygen atoms in total. The fraction of sp³-hybridized carbons (Fsp3) is 0.0833. The first kappa shape index (κ1) is 9.48. The van der Waals surface area contributed by atoms with Gasteiger partial charge in [-0.15, -0.1) is 0 Å². The molecule has 0 aliphatic carbocycles. The predicted molar refractivity (Wildman–Crippen MR) is 63.0 cm³/mol. The molecule has 2 aromatic rings. The van der Waals surface area contributed by atoms with E-state index in [-0.39, 0.29) is 5.50 Å². The molecule has 4 heteroatoms. The van der Waals surface area contributed by atoms with Gasteiger partial charge in [-0.1, -0.05) is 23.7 Å². The lowest BCUT2D eigenvalue weighted by Gasteiger charge is -2.10. The molecule has 0 spiro atoms. The monoisotopic (exact) mass is 232 g/mol. The minimum atomic E-state index is -0.304. The molecule has 1 N–H and O–H groups in total. The summed E-state index contributed by atoms with van der Waals surface area (Å²) in [6.45, 7) is 0. The van der Waals surface area contributed by atoms with Crippen LogP contribution in [-0.4, -0.2) is 4.98 Å². The molecule has 0 saturated carbocycles. The Bertz CT molecular complexity index is 530. The highest BCUT2D eigenvalue weighted by atomic mass is 35.5. The number of hydrogen-bond acceptors (Lipinski definition) is 3. The quantitative estimate of drug-likeness (QED) is 0.557. The van der Waals surface area contributed by atoms with Crippen LogP contribution in [0.3, 0.4) is 0 Å². The number of halogens is 1. The average Bonchev–Trinajstić information content (AvgIpc) is 2.45. The maximum Gasteiger partial charge on any atom is 0.152 e. The van der Waals surface area contributed by atoms with Crippen molar-refractivity contribution in [2.45, 2.75) is 5.50 Å². The molecule has 1 atom stereocenters. The maximum atomic E-state index is 6.26. The van der Waals surface area contributed by atoms with Gasteiger partial charge < -0.3 is 10.1 Å². The van der Waals surface area contributed by atoms with Crippen molar-refractivity contribution in [2.24, 2.45) is 0 Å². The summed E-state index contributed by atoms with van der Waals surface area (Å²) in [5.41, 5.74) is 1.48. The number of rotatable bonds is 0. The summed E-state index contributed by atoms with van der Waals surface area (Å²) in [7, 11) is 0. The Morgan fingerprint density at radius 1 is 1.19 bits per heavy atom. The Morgan fingerprint density at radius 3 is 3.00 bits per heavy atom. The van der Waals surface area contributed by atoms with E-state index in [1.165, 1.54) is 0 Å². The molecule has 80 valence electrons. The van der Waals surface area contributed by atoms with Gasteiger partial charge in [0, 0.05) is 11.8 Å². The second kappa shape index (κ2) is 3.68. The summed E-state index contributed by atoms with van der Waals surface area (Å²) in [6.07, 6.45) is 3.38. The predicted octanol–water partition coefficient (Wildman–Crippen LogP) is 3.54. The number of hydrogen-bond donors (Lipinski definition) is 1. The van der Waals surface area contributed by atoms with E-state index in [0.29, 0.717) is 5.75 Å². The van der Waals surface area contributed by atoms with Crippen LogP contribution in [0.2, 0.25) is 0 Å². The molecular weight excluding hydrogens is 224 g/mol. The molecule has 1 aromatic heterocycles. The van der Waals surface area contributed by atoms with Crippen LogP contribution in [0.25, 0.3) is 0 Å². The SMILES string of the molecule is ClC1Nc2ccccc2Oc2cnccc21. The Hall–Kier alpha value is -1.74. The number of nitrogens with one attached hydrogen (secondary N) is 1. The van der Waals surface area contributed by atoms with Gasteiger partial charge in [-0.2, -0.15) is 0 Å². The first-order valence-electron chi connectivity index (χ1n) is 4.96. The highest BCUT2D eigenvalue weighted by molar-refractivity contribution is 6.22. The van der Waals surface area contributed by atoms with E-state index in [0.717, 1.165) is 17.0 Å². The number of aromatic nitrogens is 1. The molecule has 0 fully saturated rings. The molecule has 3 rings (SSSR count). The van der Waals surface area contributed by atoms with Crippen molar-refractivity contribution in [1.82, 2.24) is 4.98 Å². The molecule has 0 bridgehead atoms. The van der Waals surface area contributed by atoms with E-state index in [2.05, 4.69) is 10.3 Å². The zero-order valence-corrected chi connectivity index (χ0v) is 9.11. The molecule has 1 aliphatic heterocycles. The molecule has 1 aliphatic rings. The van der Waals surface area contributed by atoms with Gasteiger partial charge in [0.05, 0.1) is 11.9 Å². The molecule has 0 saturated heterocycles. The summed E-state index contributed by atoms with van der Waals surface area (Å²) < 4.78 is 5.76. The molecular formula is C12H9ClN2O. The molecule has 2 heterocycles. The molecule has 1 aromatic carbocycles. The maximum absolute atomic E-state index is 6.26. The second-order valence-corrected chi connectivity index (χ2v) is 3.96. The highest BCUT2D eigenvalue weighted by Crippen LogP contribution is 2.40. The fourth-order valence-electron chi connectivity index (χ4n) is 1.69. The van der Waals surface area contributed by atoms with E-state index >= 15 is 0 Å². The van der Waals surface area contributed by atoms with Gasteiger partial charge in [0.2, 0.25) is 0 Å². The van der Waals surface area contributed by atoms with Crippen LogP contribution < -0.4 is 10.1 Å². The Labute approximate surface area is 98.0 Å². The van der Waals surface area contributed by atoms with Crippen LogP contribution in [0.1, 0.15) is 11.1 Å². The minimum Gasteiger partial charge on any atom is -0.453 e. The third kappa shape index (κ3) is 1.49. The summed E-state index contributed by atoms with van der Waals surface area (Å²) in [5, 5.41) is 3.19. The third-order valence-corrected chi connectivity index (χ3v) is 2.82. The van der Waals surface area contributed by atoms with Crippen molar-refractivity contribution >= 4 is 17.3 Å².